The van der Waals surface area contributed by atoms with E-state index in [-0.39, 0.29) is 0 Å². The molecule has 0 aromatic heterocycles. The van der Waals surface area contributed by atoms with Gasteiger partial charge >= 0.3 is 0 Å². The van der Waals surface area contributed by atoms with Crippen molar-refractivity contribution in [3.05, 3.63) is 33.8 Å². The zero-order chi connectivity index (χ0) is 13.4. The fourth-order valence-electron chi connectivity index (χ4n) is 2.07. The fraction of sp³-hybridized carbons (Fsp3) is 0.571. The van der Waals surface area contributed by atoms with Gasteiger partial charge in [-0.3, -0.25) is 0 Å². The predicted molar refractivity (Wildman–Crippen MR) is 78.5 cm³/mol. The molecule has 0 aliphatic heterocycles. The SMILES string of the molecule is CC[NH+](CC)CCC[NH2+]Cc1c(Cl)cccc1Cl. The van der Waals surface area contributed by atoms with Crippen LogP contribution in [0, 0.1) is 0 Å². The van der Waals surface area contributed by atoms with Gasteiger partial charge in [0.1, 0.15) is 6.54 Å². The fourth-order valence-corrected chi connectivity index (χ4v) is 2.63. The average Bonchev–Trinajstić information content (AvgIpc) is 2.37. The highest BCUT2D eigenvalue weighted by molar-refractivity contribution is 6.35. The first-order chi connectivity index (χ1) is 8.69. The van der Waals surface area contributed by atoms with Crippen LogP contribution in [0.3, 0.4) is 0 Å². The number of quaternary nitrogens is 2. The van der Waals surface area contributed by atoms with Gasteiger partial charge in [-0.05, 0) is 26.0 Å². The van der Waals surface area contributed by atoms with Crippen LogP contribution in [-0.2, 0) is 6.54 Å². The number of hydrogen-bond acceptors (Lipinski definition) is 0. The van der Waals surface area contributed by atoms with E-state index in [0.717, 1.165) is 28.7 Å². The predicted octanol–water partition coefficient (Wildman–Crippen LogP) is 1.37. The maximum Gasteiger partial charge on any atom is 0.104 e. The minimum atomic E-state index is 0.771. The third-order valence-electron chi connectivity index (χ3n) is 3.35. The summed E-state index contributed by atoms with van der Waals surface area (Å²) in [5.41, 5.74) is 1.05. The van der Waals surface area contributed by atoms with Crippen molar-refractivity contribution in [3.63, 3.8) is 0 Å². The topological polar surface area (TPSA) is 21.1 Å². The Kier molecular flexibility index (Phi) is 7.68. The lowest BCUT2D eigenvalue weighted by molar-refractivity contribution is -0.898. The summed E-state index contributed by atoms with van der Waals surface area (Å²) in [5.74, 6) is 0. The van der Waals surface area contributed by atoms with Crippen molar-refractivity contribution in [1.82, 2.24) is 0 Å². The number of benzene rings is 1. The summed E-state index contributed by atoms with van der Waals surface area (Å²) in [5, 5.41) is 3.83. The quantitative estimate of drug-likeness (QED) is 0.675. The van der Waals surface area contributed by atoms with Crippen LogP contribution in [0.1, 0.15) is 25.8 Å². The van der Waals surface area contributed by atoms with E-state index < -0.39 is 0 Å². The molecule has 0 saturated heterocycles. The van der Waals surface area contributed by atoms with E-state index >= 15 is 0 Å². The molecule has 0 bridgehead atoms. The van der Waals surface area contributed by atoms with E-state index in [1.807, 2.05) is 18.2 Å². The second-order valence-electron chi connectivity index (χ2n) is 4.54. The van der Waals surface area contributed by atoms with Gasteiger partial charge in [0, 0.05) is 12.0 Å². The third-order valence-corrected chi connectivity index (χ3v) is 4.06. The highest BCUT2D eigenvalue weighted by atomic mass is 35.5. The Balaban J connectivity index is 2.26. The molecule has 102 valence electrons. The Morgan fingerprint density at radius 1 is 1.11 bits per heavy atom. The molecule has 4 heteroatoms. The second kappa shape index (κ2) is 8.76. The summed E-state index contributed by atoms with van der Waals surface area (Å²) < 4.78 is 0. The third kappa shape index (κ3) is 5.15. The highest BCUT2D eigenvalue weighted by Crippen LogP contribution is 2.22. The van der Waals surface area contributed by atoms with Gasteiger partial charge in [-0.2, -0.15) is 0 Å². The second-order valence-corrected chi connectivity index (χ2v) is 5.36. The molecule has 3 N–H and O–H groups in total. The molecule has 1 aromatic rings. The van der Waals surface area contributed by atoms with E-state index in [1.54, 1.807) is 4.90 Å². The van der Waals surface area contributed by atoms with Gasteiger partial charge in [0.15, 0.2) is 0 Å². The minimum absolute atomic E-state index is 0.771. The summed E-state index contributed by atoms with van der Waals surface area (Å²) >= 11 is 12.3. The number of nitrogens with two attached hydrogens (primary N) is 1. The van der Waals surface area contributed by atoms with E-state index in [4.69, 9.17) is 23.2 Å². The minimum Gasteiger partial charge on any atom is -0.342 e. The molecule has 0 atom stereocenters. The normalized spacial score (nSPS) is 11.2. The van der Waals surface area contributed by atoms with Gasteiger partial charge in [-0.25, -0.2) is 0 Å². The van der Waals surface area contributed by atoms with Crippen molar-refractivity contribution in [2.24, 2.45) is 0 Å². The van der Waals surface area contributed by atoms with Crippen molar-refractivity contribution < 1.29 is 10.2 Å². The number of rotatable bonds is 8. The first-order valence-electron chi connectivity index (χ1n) is 6.77. The number of halogens is 2. The molecular weight excluding hydrogens is 267 g/mol. The number of hydrogen-bond donors (Lipinski definition) is 2. The summed E-state index contributed by atoms with van der Waals surface area (Å²) in [6, 6.07) is 5.69. The van der Waals surface area contributed by atoms with Gasteiger partial charge in [-0.1, -0.05) is 29.3 Å². The molecule has 0 aliphatic carbocycles. The molecule has 0 aliphatic rings. The molecule has 0 fully saturated rings. The Hall–Kier alpha value is -0.280. The molecule has 0 saturated carbocycles. The van der Waals surface area contributed by atoms with Gasteiger partial charge in [0.05, 0.1) is 36.2 Å². The summed E-state index contributed by atoms with van der Waals surface area (Å²) in [6.07, 6.45) is 1.24. The number of nitrogens with one attached hydrogen (secondary N) is 1. The highest BCUT2D eigenvalue weighted by Gasteiger charge is 2.07. The molecule has 18 heavy (non-hydrogen) atoms. The average molecular weight is 291 g/mol. The lowest BCUT2D eigenvalue weighted by atomic mass is 10.2. The summed E-state index contributed by atoms with van der Waals surface area (Å²) in [4.78, 5) is 1.67. The Morgan fingerprint density at radius 2 is 1.72 bits per heavy atom. The van der Waals surface area contributed by atoms with Gasteiger partial charge in [-0.15, -0.1) is 0 Å². The molecule has 0 unspecified atom stereocenters. The van der Waals surface area contributed by atoms with E-state index in [9.17, 15) is 0 Å². The van der Waals surface area contributed by atoms with Crippen molar-refractivity contribution >= 4 is 23.2 Å². The van der Waals surface area contributed by atoms with Crippen LogP contribution in [0.5, 0.6) is 0 Å². The molecule has 0 amide bonds. The van der Waals surface area contributed by atoms with Crippen LogP contribution < -0.4 is 10.2 Å². The molecular formula is C14H24Cl2N2+2. The zero-order valence-electron chi connectivity index (χ0n) is 11.3. The van der Waals surface area contributed by atoms with Crippen LogP contribution in [-0.4, -0.2) is 26.2 Å². The van der Waals surface area contributed by atoms with E-state index in [2.05, 4.69) is 19.2 Å². The van der Waals surface area contributed by atoms with Crippen LogP contribution in [0.15, 0.2) is 18.2 Å². The Labute approximate surface area is 120 Å². The standard InChI is InChI=1S/C14H22Cl2N2/c1-3-18(4-2)10-6-9-17-11-12-13(15)7-5-8-14(12)16/h5,7-8,17H,3-4,6,9-11H2,1-2H3/p+2. The molecule has 0 radical (unpaired) electrons. The van der Waals surface area contributed by atoms with Crippen LogP contribution in [0.25, 0.3) is 0 Å². The lowest BCUT2D eigenvalue weighted by Gasteiger charge is -2.14. The monoisotopic (exact) mass is 290 g/mol. The van der Waals surface area contributed by atoms with Gasteiger partial charge in [0.2, 0.25) is 0 Å². The first kappa shape index (κ1) is 15.8. The zero-order valence-corrected chi connectivity index (χ0v) is 12.8. The van der Waals surface area contributed by atoms with E-state index in [1.165, 1.54) is 26.1 Å². The summed E-state index contributed by atoms with van der Waals surface area (Å²) in [7, 11) is 0. The van der Waals surface area contributed by atoms with Crippen LogP contribution in [0.4, 0.5) is 0 Å². The molecule has 0 heterocycles. The van der Waals surface area contributed by atoms with E-state index in [0.29, 0.717) is 0 Å². The van der Waals surface area contributed by atoms with Crippen molar-refractivity contribution in [1.29, 1.82) is 0 Å². The van der Waals surface area contributed by atoms with Crippen LogP contribution in [0.2, 0.25) is 10.0 Å². The van der Waals surface area contributed by atoms with Crippen molar-refractivity contribution in [2.75, 3.05) is 26.2 Å². The first-order valence-corrected chi connectivity index (χ1v) is 7.52. The maximum absolute atomic E-state index is 6.13. The molecule has 2 nitrogen and oxygen atoms in total. The smallest absolute Gasteiger partial charge is 0.104 e. The van der Waals surface area contributed by atoms with Gasteiger partial charge in [0.25, 0.3) is 0 Å². The van der Waals surface area contributed by atoms with Crippen molar-refractivity contribution in [2.45, 2.75) is 26.8 Å². The van der Waals surface area contributed by atoms with Gasteiger partial charge < -0.3 is 10.2 Å². The molecule has 0 spiro atoms. The Bertz CT molecular complexity index is 331. The summed E-state index contributed by atoms with van der Waals surface area (Å²) in [6.45, 7) is 10.2. The maximum atomic E-state index is 6.13. The Morgan fingerprint density at radius 3 is 2.28 bits per heavy atom. The largest absolute Gasteiger partial charge is 0.342 e. The van der Waals surface area contributed by atoms with Crippen molar-refractivity contribution in [3.8, 4) is 0 Å². The molecule has 1 rings (SSSR count). The molecule has 1 aromatic carbocycles. The van der Waals surface area contributed by atoms with Crippen LogP contribution >= 0.6 is 23.2 Å². The lowest BCUT2D eigenvalue weighted by Crippen LogP contribution is -3.11.